The van der Waals surface area contributed by atoms with Crippen LogP contribution in [0.1, 0.15) is 25.0 Å². The van der Waals surface area contributed by atoms with E-state index < -0.39 is 5.41 Å². The normalized spacial score (nSPS) is 12.3. The Morgan fingerprint density at radius 3 is 1.61 bits per heavy atom. The number of rotatable bonds is 2. The summed E-state index contributed by atoms with van der Waals surface area (Å²) < 4.78 is 0. The molecule has 4 nitrogen and oxygen atoms in total. The molecule has 4 heteroatoms. The minimum absolute atomic E-state index is 0.260. The maximum atomic E-state index is 10.3. The van der Waals surface area contributed by atoms with Crippen LogP contribution in [0.25, 0.3) is 21.8 Å². The van der Waals surface area contributed by atoms with Gasteiger partial charge < -0.3 is 20.2 Å². The lowest BCUT2D eigenvalue weighted by Crippen LogP contribution is -2.18. The zero-order valence-electron chi connectivity index (χ0n) is 13.0. The Kier molecular flexibility index (Phi) is 2.73. The number of H-pyrrole nitrogens is 2. The van der Waals surface area contributed by atoms with E-state index in [9.17, 15) is 10.2 Å². The minimum atomic E-state index is -0.395. The van der Waals surface area contributed by atoms with Crippen LogP contribution in [0, 0.1) is 0 Å². The molecule has 0 amide bonds. The molecule has 4 aromatic rings. The first kappa shape index (κ1) is 13.8. The first-order valence-electron chi connectivity index (χ1n) is 7.59. The van der Waals surface area contributed by atoms with Crippen LogP contribution in [0.3, 0.4) is 0 Å². The largest absolute Gasteiger partial charge is 0.507 e. The number of aromatic amines is 2. The number of aromatic nitrogens is 2. The van der Waals surface area contributed by atoms with Gasteiger partial charge in [-0.3, -0.25) is 0 Å². The Bertz CT molecular complexity index is 942. The topological polar surface area (TPSA) is 72.0 Å². The standard InChI is InChI=1S/C19H18N2O2/c1-19(2,11-9-20-13-5-3-7-15(22)17(11)13)12-10-21-14-6-4-8-16(23)18(12)14/h3-10,20-23H,1-2H3. The first-order chi connectivity index (χ1) is 11.0. The molecule has 0 fully saturated rings. The van der Waals surface area contributed by atoms with Crippen LogP contribution in [0.2, 0.25) is 0 Å². The van der Waals surface area contributed by atoms with Gasteiger partial charge in [0.05, 0.1) is 0 Å². The summed E-state index contributed by atoms with van der Waals surface area (Å²) in [7, 11) is 0. The highest BCUT2D eigenvalue weighted by Crippen LogP contribution is 2.43. The lowest BCUT2D eigenvalue weighted by atomic mass is 9.77. The van der Waals surface area contributed by atoms with E-state index >= 15 is 0 Å². The SMILES string of the molecule is CC(C)(c1c[nH]c2cccc(O)c12)c1c[nH]c2cccc(O)c12. The van der Waals surface area contributed by atoms with Crippen molar-refractivity contribution in [1.29, 1.82) is 0 Å². The van der Waals surface area contributed by atoms with Gasteiger partial charge in [0.1, 0.15) is 11.5 Å². The molecule has 2 aromatic carbocycles. The van der Waals surface area contributed by atoms with Crippen molar-refractivity contribution in [3.8, 4) is 11.5 Å². The van der Waals surface area contributed by atoms with Gasteiger partial charge in [0.15, 0.2) is 0 Å². The van der Waals surface area contributed by atoms with Crippen molar-refractivity contribution >= 4 is 21.8 Å². The van der Waals surface area contributed by atoms with E-state index in [1.165, 1.54) is 0 Å². The van der Waals surface area contributed by atoms with E-state index in [0.717, 1.165) is 32.9 Å². The average molecular weight is 306 g/mol. The summed E-state index contributed by atoms with van der Waals surface area (Å²) in [5, 5.41) is 22.2. The summed E-state index contributed by atoms with van der Waals surface area (Å²) in [6.45, 7) is 4.19. The second kappa shape index (κ2) is 4.56. The molecular formula is C19H18N2O2. The van der Waals surface area contributed by atoms with Gasteiger partial charge in [-0.2, -0.15) is 0 Å². The van der Waals surface area contributed by atoms with Gasteiger partial charge >= 0.3 is 0 Å². The summed E-state index contributed by atoms with van der Waals surface area (Å²) in [5.74, 6) is 0.520. The second-order valence-electron chi connectivity index (χ2n) is 6.43. The van der Waals surface area contributed by atoms with Crippen molar-refractivity contribution in [1.82, 2.24) is 9.97 Å². The maximum absolute atomic E-state index is 10.3. The zero-order valence-corrected chi connectivity index (χ0v) is 13.0. The number of hydrogen-bond acceptors (Lipinski definition) is 2. The molecule has 0 bridgehead atoms. The van der Waals surface area contributed by atoms with Gasteiger partial charge in [0.25, 0.3) is 0 Å². The van der Waals surface area contributed by atoms with Gasteiger partial charge in [-0.25, -0.2) is 0 Å². The fourth-order valence-electron chi connectivity index (χ4n) is 3.46. The minimum Gasteiger partial charge on any atom is -0.507 e. The van der Waals surface area contributed by atoms with Crippen molar-refractivity contribution in [2.24, 2.45) is 0 Å². The van der Waals surface area contributed by atoms with Crippen LogP contribution >= 0.6 is 0 Å². The number of phenols is 2. The summed E-state index contributed by atoms with van der Waals surface area (Å²) in [6, 6.07) is 10.9. The molecule has 4 rings (SSSR count). The highest BCUT2D eigenvalue weighted by Gasteiger charge is 2.30. The van der Waals surface area contributed by atoms with Crippen LogP contribution in [-0.4, -0.2) is 20.2 Å². The van der Waals surface area contributed by atoms with E-state index in [1.54, 1.807) is 12.1 Å². The first-order valence-corrected chi connectivity index (χ1v) is 7.59. The third-order valence-corrected chi connectivity index (χ3v) is 4.71. The number of nitrogens with one attached hydrogen (secondary N) is 2. The molecule has 0 aliphatic rings. The monoisotopic (exact) mass is 306 g/mol. The van der Waals surface area contributed by atoms with Gasteiger partial charge in [0, 0.05) is 39.6 Å². The molecule has 0 unspecified atom stereocenters. The predicted molar refractivity (Wildman–Crippen MR) is 92.1 cm³/mol. The van der Waals surface area contributed by atoms with Crippen LogP contribution in [-0.2, 0) is 5.41 Å². The van der Waals surface area contributed by atoms with Crippen molar-refractivity contribution in [2.45, 2.75) is 19.3 Å². The summed E-state index contributed by atoms with van der Waals surface area (Å²) >= 11 is 0. The summed E-state index contributed by atoms with van der Waals surface area (Å²) in [6.07, 6.45) is 3.87. The molecule has 0 saturated carbocycles. The predicted octanol–water partition coefficient (Wildman–Crippen LogP) is 4.39. The number of phenolic OH excluding ortho intramolecular Hbond substituents is 2. The molecular weight excluding hydrogens is 288 g/mol. The zero-order chi connectivity index (χ0) is 16.2. The molecule has 2 aromatic heterocycles. The smallest absolute Gasteiger partial charge is 0.125 e. The molecule has 116 valence electrons. The highest BCUT2D eigenvalue weighted by molar-refractivity contribution is 5.94. The molecule has 0 aliphatic heterocycles. The number of aromatic hydroxyl groups is 2. The van der Waals surface area contributed by atoms with E-state index in [1.807, 2.05) is 36.7 Å². The lowest BCUT2D eigenvalue weighted by molar-refractivity contribution is 0.479. The van der Waals surface area contributed by atoms with E-state index in [4.69, 9.17) is 0 Å². The molecule has 0 radical (unpaired) electrons. The average Bonchev–Trinajstić information content (AvgIpc) is 3.12. The van der Waals surface area contributed by atoms with E-state index in [0.29, 0.717) is 0 Å². The van der Waals surface area contributed by atoms with Crippen LogP contribution in [0.4, 0.5) is 0 Å². The summed E-state index contributed by atoms with van der Waals surface area (Å²) in [5.41, 5.74) is 3.40. The number of fused-ring (bicyclic) bond motifs is 2. The lowest BCUT2D eigenvalue weighted by Gasteiger charge is -2.25. The Balaban J connectivity index is 2.02. The molecule has 4 N–H and O–H groups in total. The van der Waals surface area contributed by atoms with Crippen molar-refractivity contribution in [2.75, 3.05) is 0 Å². The Morgan fingerprint density at radius 1 is 0.739 bits per heavy atom. The van der Waals surface area contributed by atoms with E-state index in [-0.39, 0.29) is 11.5 Å². The molecule has 2 heterocycles. The highest BCUT2D eigenvalue weighted by atomic mass is 16.3. The van der Waals surface area contributed by atoms with Gasteiger partial charge in [-0.1, -0.05) is 26.0 Å². The fraction of sp³-hybridized carbons (Fsp3) is 0.158. The third-order valence-electron chi connectivity index (χ3n) is 4.71. The second-order valence-corrected chi connectivity index (χ2v) is 6.43. The fourth-order valence-corrected chi connectivity index (χ4v) is 3.46. The Labute approximate surface area is 133 Å². The van der Waals surface area contributed by atoms with Gasteiger partial charge in [-0.15, -0.1) is 0 Å². The van der Waals surface area contributed by atoms with Crippen molar-refractivity contribution in [3.05, 3.63) is 59.9 Å². The Morgan fingerprint density at radius 2 is 1.17 bits per heavy atom. The van der Waals surface area contributed by atoms with Gasteiger partial charge in [0.2, 0.25) is 0 Å². The summed E-state index contributed by atoms with van der Waals surface area (Å²) in [4.78, 5) is 6.45. The van der Waals surface area contributed by atoms with Gasteiger partial charge in [-0.05, 0) is 35.4 Å². The maximum Gasteiger partial charge on any atom is 0.125 e. The molecule has 0 saturated heterocycles. The number of hydrogen-bond donors (Lipinski definition) is 4. The quantitative estimate of drug-likeness (QED) is 0.443. The third kappa shape index (κ3) is 1.84. The van der Waals surface area contributed by atoms with Crippen molar-refractivity contribution in [3.63, 3.8) is 0 Å². The molecule has 0 aliphatic carbocycles. The van der Waals surface area contributed by atoms with Crippen LogP contribution < -0.4 is 0 Å². The van der Waals surface area contributed by atoms with Crippen LogP contribution in [0.5, 0.6) is 11.5 Å². The van der Waals surface area contributed by atoms with E-state index in [2.05, 4.69) is 23.8 Å². The molecule has 23 heavy (non-hydrogen) atoms. The number of benzene rings is 2. The molecule has 0 atom stereocenters. The Hall–Kier alpha value is -2.88. The van der Waals surface area contributed by atoms with Crippen LogP contribution in [0.15, 0.2) is 48.8 Å². The van der Waals surface area contributed by atoms with Crippen molar-refractivity contribution < 1.29 is 10.2 Å². The molecule has 0 spiro atoms.